The van der Waals surface area contributed by atoms with Gasteiger partial charge in [-0.3, -0.25) is 0 Å². The summed E-state index contributed by atoms with van der Waals surface area (Å²) < 4.78 is 36.3. The fraction of sp³-hybridized carbons (Fsp3) is 0.300. The lowest BCUT2D eigenvalue weighted by Crippen LogP contribution is -2.39. The van der Waals surface area contributed by atoms with E-state index in [2.05, 4.69) is 4.40 Å². The van der Waals surface area contributed by atoms with Crippen LogP contribution < -0.4 is 9.67 Å². The SMILES string of the molecule is CCO/C([O-])=C(/C(=N/S(=O)(=O)c1ccc(C)cc1)SC)[n+]1cc(C)cc(C)c1. The van der Waals surface area contributed by atoms with Crippen molar-refractivity contribution in [2.75, 3.05) is 12.9 Å². The first-order valence-electron chi connectivity index (χ1n) is 8.68. The van der Waals surface area contributed by atoms with Crippen LogP contribution in [-0.2, 0) is 14.8 Å². The highest BCUT2D eigenvalue weighted by atomic mass is 32.2. The van der Waals surface area contributed by atoms with Crippen LogP contribution in [0.25, 0.3) is 5.70 Å². The molecule has 1 heterocycles. The topological polar surface area (TPSA) is 82.7 Å². The Hall–Kier alpha value is -2.32. The van der Waals surface area contributed by atoms with Crippen molar-refractivity contribution in [3.63, 3.8) is 0 Å². The molecule has 0 atom stereocenters. The van der Waals surface area contributed by atoms with Crippen LogP contribution in [0.15, 0.2) is 58.0 Å². The molecule has 0 saturated heterocycles. The van der Waals surface area contributed by atoms with Gasteiger partial charge in [0.2, 0.25) is 0 Å². The lowest BCUT2D eigenvalue weighted by molar-refractivity contribution is -0.584. The van der Waals surface area contributed by atoms with E-state index in [0.29, 0.717) is 0 Å². The number of pyridine rings is 1. The fourth-order valence-electron chi connectivity index (χ4n) is 2.59. The Bertz CT molecular complexity index is 991. The summed E-state index contributed by atoms with van der Waals surface area (Å²) >= 11 is 1.08. The Kier molecular flexibility index (Phi) is 7.26. The Morgan fingerprint density at radius 3 is 2.18 bits per heavy atom. The van der Waals surface area contributed by atoms with Crippen molar-refractivity contribution in [3.05, 3.63) is 65.4 Å². The smallest absolute Gasteiger partial charge is 0.283 e. The van der Waals surface area contributed by atoms with Crippen LogP contribution in [0, 0.1) is 20.8 Å². The molecule has 0 aliphatic heterocycles. The molecule has 8 heteroatoms. The summed E-state index contributed by atoms with van der Waals surface area (Å²) in [7, 11) is -3.98. The normalized spacial score (nSPS) is 13.2. The van der Waals surface area contributed by atoms with Crippen molar-refractivity contribution >= 4 is 32.5 Å². The lowest BCUT2D eigenvalue weighted by Gasteiger charge is -2.15. The number of sulfonamides is 1. The van der Waals surface area contributed by atoms with Crippen LogP contribution in [0.1, 0.15) is 23.6 Å². The maximum Gasteiger partial charge on any atom is 0.283 e. The number of rotatable bonds is 6. The zero-order chi connectivity index (χ0) is 20.9. The molecule has 0 spiro atoms. The predicted molar refractivity (Wildman–Crippen MR) is 110 cm³/mol. The maximum atomic E-state index is 12.8. The molecule has 0 radical (unpaired) electrons. The largest absolute Gasteiger partial charge is 0.609 e. The molecular formula is C20H24N2O4S2. The number of aromatic nitrogens is 1. The third-order valence-electron chi connectivity index (χ3n) is 3.79. The second kappa shape index (κ2) is 9.25. The summed E-state index contributed by atoms with van der Waals surface area (Å²) in [6, 6.07) is 8.37. The van der Waals surface area contributed by atoms with Crippen molar-refractivity contribution in [1.29, 1.82) is 0 Å². The Balaban J connectivity index is 2.67. The molecule has 1 aromatic heterocycles. The molecule has 2 rings (SSSR count). The van der Waals surface area contributed by atoms with Gasteiger partial charge in [-0.1, -0.05) is 24.6 Å². The third-order valence-corrected chi connectivity index (χ3v) is 5.86. The van der Waals surface area contributed by atoms with Crippen LogP contribution in [0.2, 0.25) is 0 Å². The second-order valence-corrected chi connectivity index (χ2v) is 8.65. The van der Waals surface area contributed by atoms with Gasteiger partial charge in [0.1, 0.15) is 5.95 Å². The highest BCUT2D eigenvalue weighted by molar-refractivity contribution is 8.15. The quantitative estimate of drug-likeness (QED) is 0.310. The molecule has 0 aliphatic rings. The van der Waals surface area contributed by atoms with Gasteiger partial charge in [0.05, 0.1) is 4.90 Å². The number of nitrogens with zero attached hydrogens (tertiary/aromatic N) is 2. The molecular weight excluding hydrogens is 396 g/mol. The van der Waals surface area contributed by atoms with Gasteiger partial charge in [0, 0.05) is 11.1 Å². The number of aryl methyl sites for hydroxylation is 3. The van der Waals surface area contributed by atoms with Gasteiger partial charge in [-0.15, -0.1) is 16.2 Å². The number of benzene rings is 1. The number of hydrogen-bond donors (Lipinski definition) is 0. The predicted octanol–water partition coefficient (Wildman–Crippen LogP) is 2.57. The molecule has 28 heavy (non-hydrogen) atoms. The van der Waals surface area contributed by atoms with E-state index in [1.807, 2.05) is 26.8 Å². The van der Waals surface area contributed by atoms with E-state index in [0.717, 1.165) is 28.5 Å². The molecule has 1 aromatic carbocycles. The van der Waals surface area contributed by atoms with Crippen molar-refractivity contribution < 1.29 is 22.8 Å². The van der Waals surface area contributed by atoms with Crippen molar-refractivity contribution in [2.24, 2.45) is 4.40 Å². The van der Waals surface area contributed by atoms with Gasteiger partial charge >= 0.3 is 0 Å². The van der Waals surface area contributed by atoms with Crippen molar-refractivity contribution in [2.45, 2.75) is 32.6 Å². The van der Waals surface area contributed by atoms with Crippen LogP contribution in [0.3, 0.4) is 0 Å². The van der Waals surface area contributed by atoms with E-state index < -0.39 is 16.0 Å². The van der Waals surface area contributed by atoms with E-state index in [9.17, 15) is 13.5 Å². The first-order chi connectivity index (χ1) is 13.2. The third kappa shape index (κ3) is 5.36. The lowest BCUT2D eigenvalue weighted by atomic mass is 10.2. The molecule has 0 unspecified atom stereocenters. The summed E-state index contributed by atoms with van der Waals surface area (Å²) in [4.78, 5) is 0.0679. The molecule has 6 nitrogen and oxygen atoms in total. The van der Waals surface area contributed by atoms with Crippen LogP contribution in [-0.4, -0.2) is 26.3 Å². The Morgan fingerprint density at radius 2 is 1.68 bits per heavy atom. The second-order valence-electron chi connectivity index (χ2n) is 6.26. The molecule has 0 N–H and O–H groups in total. The minimum Gasteiger partial charge on any atom is -0.609 e. The van der Waals surface area contributed by atoms with Crippen LogP contribution in [0.4, 0.5) is 0 Å². The summed E-state index contributed by atoms with van der Waals surface area (Å²) in [6.07, 6.45) is 5.15. The summed E-state index contributed by atoms with van der Waals surface area (Å²) in [5, 5.41) is 12.7. The van der Waals surface area contributed by atoms with E-state index in [1.165, 1.54) is 12.1 Å². The van der Waals surface area contributed by atoms with Crippen molar-refractivity contribution in [1.82, 2.24) is 0 Å². The summed E-state index contributed by atoms with van der Waals surface area (Å²) in [6.45, 7) is 7.52. The molecule has 0 saturated carbocycles. The van der Waals surface area contributed by atoms with E-state index in [-0.39, 0.29) is 22.2 Å². The van der Waals surface area contributed by atoms with Gasteiger partial charge in [-0.2, -0.15) is 13.0 Å². The zero-order valence-electron chi connectivity index (χ0n) is 16.6. The molecule has 0 amide bonds. The summed E-state index contributed by atoms with van der Waals surface area (Å²) in [5.41, 5.74) is 2.85. The molecule has 0 fully saturated rings. The first-order valence-corrected chi connectivity index (χ1v) is 11.3. The summed E-state index contributed by atoms with van der Waals surface area (Å²) in [5.74, 6) is -0.635. The van der Waals surface area contributed by atoms with Crippen LogP contribution >= 0.6 is 11.8 Å². The van der Waals surface area contributed by atoms with Crippen LogP contribution in [0.5, 0.6) is 0 Å². The van der Waals surface area contributed by atoms with E-state index >= 15 is 0 Å². The number of thioether (sulfide) groups is 1. The molecule has 0 aliphatic carbocycles. The number of ether oxygens (including phenoxy) is 1. The molecule has 150 valence electrons. The van der Waals surface area contributed by atoms with Crippen molar-refractivity contribution in [3.8, 4) is 0 Å². The highest BCUT2D eigenvalue weighted by Crippen LogP contribution is 2.20. The average Bonchev–Trinajstić information content (AvgIpc) is 2.60. The molecule has 0 bridgehead atoms. The van der Waals surface area contributed by atoms with E-state index in [4.69, 9.17) is 4.74 Å². The fourth-order valence-corrected chi connectivity index (χ4v) is 4.46. The highest BCUT2D eigenvalue weighted by Gasteiger charge is 2.25. The Labute approximate surface area is 170 Å². The van der Waals surface area contributed by atoms with Gasteiger partial charge in [-0.05, 0) is 51.8 Å². The standard InChI is InChI=1S/C20H24N2O4S2/c1-6-26-20(23)18(22-12-15(3)11-16(4)13-22)19(27-5)21-28(24,25)17-9-7-14(2)8-10-17/h7-13H,6H2,1-5H3. The first kappa shape index (κ1) is 22.0. The zero-order valence-corrected chi connectivity index (χ0v) is 18.2. The average molecular weight is 421 g/mol. The minimum absolute atomic E-state index is 0.0639. The van der Waals surface area contributed by atoms with Gasteiger partial charge in [0.15, 0.2) is 17.4 Å². The number of hydrogen-bond acceptors (Lipinski definition) is 5. The van der Waals surface area contributed by atoms with Gasteiger partial charge in [-0.25, -0.2) is 0 Å². The van der Waals surface area contributed by atoms with Gasteiger partial charge in [0.25, 0.3) is 15.7 Å². The Morgan fingerprint density at radius 1 is 1.11 bits per heavy atom. The minimum atomic E-state index is -3.98. The van der Waals surface area contributed by atoms with E-state index in [1.54, 1.807) is 42.3 Å². The van der Waals surface area contributed by atoms with Gasteiger partial charge < -0.3 is 9.84 Å². The monoisotopic (exact) mass is 420 g/mol. The molecule has 2 aromatic rings. The maximum absolute atomic E-state index is 12.8.